The summed E-state index contributed by atoms with van der Waals surface area (Å²) in [6, 6.07) is 7.45. The minimum Gasteiger partial charge on any atom is -0.484 e. The van der Waals surface area contributed by atoms with Crippen LogP contribution < -0.4 is 15.8 Å². The molecule has 0 bridgehead atoms. The van der Waals surface area contributed by atoms with Gasteiger partial charge in [-0.2, -0.15) is 0 Å². The number of aryl methyl sites for hydroxylation is 1. The molecule has 1 aliphatic rings. The molecule has 0 spiro atoms. The zero-order valence-corrected chi connectivity index (χ0v) is 15.2. The van der Waals surface area contributed by atoms with Crippen LogP contribution in [0.4, 0.5) is 5.00 Å². The van der Waals surface area contributed by atoms with E-state index in [1.165, 1.54) is 11.3 Å². The van der Waals surface area contributed by atoms with Gasteiger partial charge in [0.05, 0.1) is 5.56 Å². The lowest BCUT2D eigenvalue weighted by Gasteiger charge is -2.08. The summed E-state index contributed by atoms with van der Waals surface area (Å²) in [7, 11) is 0. The first-order valence-electron chi connectivity index (χ1n) is 7.17. The predicted octanol–water partition coefficient (Wildman–Crippen LogP) is 2.96. The first-order valence-corrected chi connectivity index (χ1v) is 9.06. The van der Waals surface area contributed by atoms with Gasteiger partial charge in [-0.05, 0) is 65.6 Å². The number of anilines is 1. The third-order valence-corrected chi connectivity index (χ3v) is 5.46. The highest BCUT2D eigenvalue weighted by atomic mass is 127. The maximum Gasteiger partial charge on any atom is 0.262 e. The molecule has 5 nitrogen and oxygen atoms in total. The number of nitrogens with one attached hydrogen (secondary N) is 1. The van der Waals surface area contributed by atoms with E-state index in [1.807, 2.05) is 18.2 Å². The number of carbonyl (C=O) groups is 2. The van der Waals surface area contributed by atoms with Gasteiger partial charge in [0, 0.05) is 8.45 Å². The van der Waals surface area contributed by atoms with Crippen molar-refractivity contribution in [2.75, 3.05) is 11.9 Å². The van der Waals surface area contributed by atoms with Crippen LogP contribution in [-0.4, -0.2) is 18.4 Å². The average Bonchev–Trinajstić information content (AvgIpc) is 3.05. The number of fused-ring (bicyclic) bond motifs is 1. The highest BCUT2D eigenvalue weighted by Gasteiger charge is 2.26. The summed E-state index contributed by atoms with van der Waals surface area (Å²) in [5.41, 5.74) is 6.93. The van der Waals surface area contributed by atoms with E-state index in [4.69, 9.17) is 10.5 Å². The number of hydrogen-bond donors (Lipinski definition) is 2. The molecule has 0 fully saturated rings. The maximum absolute atomic E-state index is 12.1. The van der Waals surface area contributed by atoms with Gasteiger partial charge in [-0.15, -0.1) is 11.3 Å². The van der Waals surface area contributed by atoms with Crippen molar-refractivity contribution in [3.8, 4) is 5.75 Å². The van der Waals surface area contributed by atoms with Gasteiger partial charge in [-0.25, -0.2) is 0 Å². The molecule has 3 N–H and O–H groups in total. The van der Waals surface area contributed by atoms with Gasteiger partial charge in [0.2, 0.25) is 0 Å². The van der Waals surface area contributed by atoms with E-state index >= 15 is 0 Å². The molecule has 2 amide bonds. The first kappa shape index (κ1) is 16.3. The number of rotatable bonds is 5. The molecule has 0 radical (unpaired) electrons. The third kappa shape index (κ3) is 3.66. The van der Waals surface area contributed by atoms with Crippen molar-refractivity contribution in [2.24, 2.45) is 5.73 Å². The summed E-state index contributed by atoms with van der Waals surface area (Å²) in [5.74, 6) is -0.152. The highest BCUT2D eigenvalue weighted by Crippen LogP contribution is 2.38. The van der Waals surface area contributed by atoms with Gasteiger partial charge < -0.3 is 15.8 Å². The van der Waals surface area contributed by atoms with E-state index < -0.39 is 5.91 Å². The van der Waals surface area contributed by atoms with Gasteiger partial charge in [-0.3, -0.25) is 9.59 Å². The Kier molecular flexibility index (Phi) is 4.86. The maximum atomic E-state index is 12.1. The number of hydrogen-bond acceptors (Lipinski definition) is 4. The molecule has 0 saturated carbocycles. The Morgan fingerprint density at radius 3 is 2.91 bits per heavy atom. The second-order valence-electron chi connectivity index (χ2n) is 5.22. The lowest BCUT2D eigenvalue weighted by Crippen LogP contribution is -2.22. The van der Waals surface area contributed by atoms with Crippen LogP contribution in [0, 0.1) is 3.57 Å². The predicted molar refractivity (Wildman–Crippen MR) is 98.1 cm³/mol. The van der Waals surface area contributed by atoms with E-state index in [9.17, 15) is 9.59 Å². The molecule has 3 rings (SSSR count). The van der Waals surface area contributed by atoms with Crippen molar-refractivity contribution in [2.45, 2.75) is 19.3 Å². The Balaban J connectivity index is 1.68. The Morgan fingerprint density at radius 2 is 2.17 bits per heavy atom. The van der Waals surface area contributed by atoms with Crippen molar-refractivity contribution in [3.05, 3.63) is 43.8 Å². The lowest BCUT2D eigenvalue weighted by atomic mass is 10.1. The minimum absolute atomic E-state index is 0.110. The fourth-order valence-corrected chi connectivity index (χ4v) is 4.45. The Hall–Kier alpha value is -1.61. The fourth-order valence-electron chi connectivity index (χ4n) is 2.62. The van der Waals surface area contributed by atoms with E-state index in [0.717, 1.165) is 33.3 Å². The normalized spacial score (nSPS) is 12.7. The first-order chi connectivity index (χ1) is 11.0. The molecule has 0 unspecified atom stereocenters. The van der Waals surface area contributed by atoms with Crippen LogP contribution in [0.25, 0.3) is 0 Å². The number of amides is 2. The monoisotopic (exact) mass is 442 g/mol. The van der Waals surface area contributed by atoms with Crippen molar-refractivity contribution in [1.29, 1.82) is 0 Å². The zero-order chi connectivity index (χ0) is 16.4. The van der Waals surface area contributed by atoms with E-state index in [-0.39, 0.29) is 12.5 Å². The second-order valence-corrected chi connectivity index (χ2v) is 7.57. The lowest BCUT2D eigenvalue weighted by molar-refractivity contribution is -0.118. The zero-order valence-electron chi connectivity index (χ0n) is 12.2. The number of benzene rings is 1. The number of thiophene rings is 1. The van der Waals surface area contributed by atoms with Crippen molar-refractivity contribution in [1.82, 2.24) is 0 Å². The second kappa shape index (κ2) is 6.88. The minimum atomic E-state index is -0.488. The van der Waals surface area contributed by atoms with Crippen molar-refractivity contribution >= 4 is 50.7 Å². The number of halogens is 1. The van der Waals surface area contributed by atoms with Crippen molar-refractivity contribution in [3.63, 3.8) is 0 Å². The Labute approximate surface area is 151 Å². The smallest absolute Gasteiger partial charge is 0.262 e. The van der Waals surface area contributed by atoms with Crippen LogP contribution in [0.2, 0.25) is 0 Å². The summed E-state index contributed by atoms with van der Waals surface area (Å²) in [6.07, 6.45) is 2.82. The molecule has 1 aliphatic carbocycles. The Bertz CT molecular complexity index is 773. The summed E-state index contributed by atoms with van der Waals surface area (Å²) >= 11 is 3.62. The van der Waals surface area contributed by atoms with Gasteiger partial charge >= 0.3 is 0 Å². The highest BCUT2D eigenvalue weighted by molar-refractivity contribution is 14.1. The summed E-state index contributed by atoms with van der Waals surface area (Å²) < 4.78 is 6.50. The Morgan fingerprint density at radius 1 is 1.35 bits per heavy atom. The number of nitrogens with two attached hydrogens (primary N) is 1. The van der Waals surface area contributed by atoms with E-state index in [1.54, 1.807) is 6.07 Å². The van der Waals surface area contributed by atoms with Gasteiger partial charge in [0.25, 0.3) is 11.8 Å². The van der Waals surface area contributed by atoms with Crippen molar-refractivity contribution < 1.29 is 14.3 Å². The van der Waals surface area contributed by atoms with Crippen LogP contribution in [0.3, 0.4) is 0 Å². The summed E-state index contributed by atoms with van der Waals surface area (Å²) in [4.78, 5) is 24.9. The number of primary amides is 1. The fraction of sp³-hybridized carbons (Fsp3) is 0.250. The largest absolute Gasteiger partial charge is 0.484 e. The van der Waals surface area contributed by atoms with Gasteiger partial charge in [0.1, 0.15) is 10.8 Å². The molecule has 0 aliphatic heterocycles. The van der Waals surface area contributed by atoms with Crippen LogP contribution in [-0.2, 0) is 17.6 Å². The average molecular weight is 442 g/mol. The molecule has 0 saturated heterocycles. The molecular weight excluding hydrogens is 427 g/mol. The topological polar surface area (TPSA) is 81.4 Å². The van der Waals surface area contributed by atoms with Gasteiger partial charge in [-0.1, -0.05) is 6.07 Å². The molecule has 23 heavy (non-hydrogen) atoms. The molecule has 1 aromatic heterocycles. The molecule has 7 heteroatoms. The molecule has 1 aromatic carbocycles. The quantitative estimate of drug-likeness (QED) is 0.699. The summed E-state index contributed by atoms with van der Waals surface area (Å²) in [5, 5.41) is 3.30. The van der Waals surface area contributed by atoms with Gasteiger partial charge in [0.15, 0.2) is 6.61 Å². The summed E-state index contributed by atoms with van der Waals surface area (Å²) in [6.45, 7) is -0.110. The molecule has 2 aromatic rings. The SMILES string of the molecule is NC(=O)c1c(NC(=O)COc2cccc(I)c2)sc2c1CCC2. The standard InChI is InChI=1S/C16H15IN2O3S/c17-9-3-1-4-10(7-9)22-8-13(20)19-16-14(15(18)21)11-5-2-6-12(11)23-16/h1,3-4,7H,2,5-6,8H2,(H2,18,21)(H,19,20). The van der Waals surface area contributed by atoms with Crippen LogP contribution in [0.15, 0.2) is 24.3 Å². The van der Waals surface area contributed by atoms with E-state index in [0.29, 0.717) is 16.3 Å². The van der Waals surface area contributed by atoms with Crippen LogP contribution >= 0.6 is 33.9 Å². The molecule has 1 heterocycles. The molecule has 120 valence electrons. The van der Waals surface area contributed by atoms with Crippen LogP contribution in [0.1, 0.15) is 27.2 Å². The van der Waals surface area contributed by atoms with E-state index in [2.05, 4.69) is 27.9 Å². The third-order valence-electron chi connectivity index (χ3n) is 3.59. The molecule has 0 atom stereocenters. The van der Waals surface area contributed by atoms with Crippen LogP contribution in [0.5, 0.6) is 5.75 Å². The molecular formula is C16H15IN2O3S. The number of ether oxygens (including phenoxy) is 1. The number of carbonyl (C=O) groups excluding carboxylic acids is 2.